The molecule has 25 heavy (non-hydrogen) atoms. The van der Waals surface area contributed by atoms with Gasteiger partial charge in [0.25, 0.3) is 5.56 Å². The molecule has 0 aliphatic carbocycles. The van der Waals surface area contributed by atoms with Crippen LogP contribution in [-0.4, -0.2) is 32.3 Å². The van der Waals surface area contributed by atoms with Crippen molar-refractivity contribution in [1.29, 1.82) is 0 Å². The van der Waals surface area contributed by atoms with Crippen LogP contribution in [0, 0.1) is 0 Å². The standard InChI is InChI=1S/C15H12F3N5O2/c1-19-12(24)7-22-8-20-13-11(14(22)25)6-21-23(13)10-4-2-3-9(5-10)15(16,17)18/h2-6,8H,7H2,1H3,(H,19,24). The first kappa shape index (κ1) is 16.7. The number of likely N-dealkylation sites (N-methyl/N-ethyl adjacent to an activating group) is 1. The van der Waals surface area contributed by atoms with Gasteiger partial charge in [-0.15, -0.1) is 0 Å². The zero-order chi connectivity index (χ0) is 18.2. The average Bonchev–Trinajstić information content (AvgIpc) is 3.01. The summed E-state index contributed by atoms with van der Waals surface area (Å²) in [7, 11) is 1.44. The summed E-state index contributed by atoms with van der Waals surface area (Å²) in [6.45, 7) is -0.215. The number of amides is 1. The van der Waals surface area contributed by atoms with Gasteiger partial charge in [-0.1, -0.05) is 6.07 Å². The molecule has 3 rings (SSSR count). The first-order valence-corrected chi connectivity index (χ1v) is 7.12. The third kappa shape index (κ3) is 3.10. The molecule has 0 fully saturated rings. The van der Waals surface area contributed by atoms with E-state index in [-0.39, 0.29) is 29.2 Å². The molecule has 0 unspecified atom stereocenters. The number of alkyl halides is 3. The van der Waals surface area contributed by atoms with Crippen LogP contribution in [0.2, 0.25) is 0 Å². The molecular formula is C15H12F3N5O2. The molecule has 0 radical (unpaired) electrons. The van der Waals surface area contributed by atoms with Gasteiger partial charge in [0.05, 0.1) is 17.4 Å². The molecule has 1 aromatic carbocycles. The van der Waals surface area contributed by atoms with Crippen LogP contribution < -0.4 is 10.9 Å². The molecule has 0 bridgehead atoms. The second kappa shape index (κ2) is 6.04. The molecule has 2 heterocycles. The highest BCUT2D eigenvalue weighted by Gasteiger charge is 2.30. The van der Waals surface area contributed by atoms with E-state index in [4.69, 9.17) is 0 Å². The van der Waals surface area contributed by atoms with E-state index in [2.05, 4.69) is 15.4 Å². The number of halogens is 3. The van der Waals surface area contributed by atoms with Gasteiger partial charge in [0.1, 0.15) is 18.3 Å². The summed E-state index contributed by atoms with van der Waals surface area (Å²) in [4.78, 5) is 27.8. The fourth-order valence-corrected chi connectivity index (χ4v) is 2.30. The molecule has 1 N–H and O–H groups in total. The van der Waals surface area contributed by atoms with E-state index in [1.165, 1.54) is 25.4 Å². The minimum Gasteiger partial charge on any atom is -0.358 e. The van der Waals surface area contributed by atoms with E-state index in [1.54, 1.807) is 0 Å². The SMILES string of the molecule is CNC(=O)Cn1cnc2c(cnn2-c2cccc(C(F)(F)F)c2)c1=O. The first-order valence-electron chi connectivity index (χ1n) is 7.12. The number of nitrogens with one attached hydrogen (secondary N) is 1. The van der Waals surface area contributed by atoms with Crippen molar-refractivity contribution in [2.75, 3.05) is 7.05 Å². The number of aromatic nitrogens is 4. The smallest absolute Gasteiger partial charge is 0.358 e. The Labute approximate surface area is 138 Å². The fraction of sp³-hybridized carbons (Fsp3) is 0.200. The van der Waals surface area contributed by atoms with Gasteiger partial charge in [-0.25, -0.2) is 9.67 Å². The lowest BCUT2D eigenvalue weighted by Crippen LogP contribution is -2.30. The van der Waals surface area contributed by atoms with Crippen LogP contribution in [0.15, 0.2) is 41.6 Å². The molecule has 0 aliphatic rings. The van der Waals surface area contributed by atoms with E-state index < -0.39 is 17.3 Å². The first-order chi connectivity index (χ1) is 11.8. The molecule has 130 valence electrons. The van der Waals surface area contributed by atoms with E-state index >= 15 is 0 Å². The third-order valence-electron chi connectivity index (χ3n) is 3.57. The summed E-state index contributed by atoms with van der Waals surface area (Å²) >= 11 is 0. The maximum atomic E-state index is 12.9. The predicted molar refractivity (Wildman–Crippen MR) is 82.2 cm³/mol. The van der Waals surface area contributed by atoms with Crippen molar-refractivity contribution in [3.63, 3.8) is 0 Å². The van der Waals surface area contributed by atoms with Gasteiger partial charge in [-0.05, 0) is 18.2 Å². The normalized spacial score (nSPS) is 11.7. The largest absolute Gasteiger partial charge is 0.416 e. The molecule has 0 spiro atoms. The van der Waals surface area contributed by atoms with Crippen LogP contribution in [-0.2, 0) is 17.5 Å². The van der Waals surface area contributed by atoms with Crippen LogP contribution in [0.3, 0.4) is 0 Å². The van der Waals surface area contributed by atoms with Gasteiger partial charge >= 0.3 is 6.18 Å². The van der Waals surface area contributed by atoms with E-state index in [0.29, 0.717) is 0 Å². The van der Waals surface area contributed by atoms with Gasteiger partial charge in [0.15, 0.2) is 5.65 Å². The maximum Gasteiger partial charge on any atom is 0.416 e. The van der Waals surface area contributed by atoms with Crippen LogP contribution in [0.1, 0.15) is 5.56 Å². The van der Waals surface area contributed by atoms with Crippen molar-refractivity contribution in [2.45, 2.75) is 12.7 Å². The van der Waals surface area contributed by atoms with Gasteiger partial charge in [-0.2, -0.15) is 18.3 Å². The Morgan fingerprint density at radius 1 is 1.32 bits per heavy atom. The third-order valence-corrected chi connectivity index (χ3v) is 3.57. The Morgan fingerprint density at radius 2 is 2.08 bits per heavy atom. The number of rotatable bonds is 3. The second-order valence-electron chi connectivity index (χ2n) is 5.19. The maximum absolute atomic E-state index is 12.9. The van der Waals surface area contributed by atoms with Crippen LogP contribution >= 0.6 is 0 Å². The number of hydrogen-bond donors (Lipinski definition) is 1. The Hall–Kier alpha value is -3.17. The van der Waals surface area contributed by atoms with Crippen molar-refractivity contribution in [1.82, 2.24) is 24.6 Å². The number of benzene rings is 1. The summed E-state index contributed by atoms with van der Waals surface area (Å²) < 4.78 is 40.8. The highest BCUT2D eigenvalue weighted by Crippen LogP contribution is 2.30. The number of fused-ring (bicyclic) bond motifs is 1. The fourth-order valence-electron chi connectivity index (χ4n) is 2.30. The van der Waals surface area contributed by atoms with Gasteiger partial charge in [-0.3, -0.25) is 14.2 Å². The lowest BCUT2D eigenvalue weighted by atomic mass is 10.2. The molecule has 0 saturated carbocycles. The Balaban J connectivity index is 2.09. The summed E-state index contributed by atoms with van der Waals surface area (Å²) in [5.41, 5.74) is -1.10. The van der Waals surface area contributed by atoms with Crippen molar-refractivity contribution in [3.05, 3.63) is 52.7 Å². The van der Waals surface area contributed by atoms with E-state index in [0.717, 1.165) is 27.7 Å². The monoisotopic (exact) mass is 351 g/mol. The van der Waals surface area contributed by atoms with E-state index in [1.807, 2.05) is 0 Å². The number of hydrogen-bond acceptors (Lipinski definition) is 4. The number of carbonyl (C=O) groups is 1. The molecule has 7 nitrogen and oxygen atoms in total. The minimum atomic E-state index is -4.49. The highest BCUT2D eigenvalue weighted by atomic mass is 19.4. The summed E-state index contributed by atoms with van der Waals surface area (Å²) in [6.07, 6.45) is -2.12. The molecule has 0 atom stereocenters. The van der Waals surface area contributed by atoms with Gasteiger partial charge in [0.2, 0.25) is 5.91 Å². The topological polar surface area (TPSA) is 81.8 Å². The Kier molecular flexibility index (Phi) is 4.03. The molecule has 3 aromatic rings. The van der Waals surface area contributed by atoms with Crippen molar-refractivity contribution >= 4 is 16.9 Å². The Bertz CT molecular complexity index is 1010. The second-order valence-corrected chi connectivity index (χ2v) is 5.19. The quantitative estimate of drug-likeness (QED) is 0.772. The predicted octanol–water partition coefficient (Wildman–Crippen LogP) is 1.35. The minimum absolute atomic E-state index is 0.101. The molecule has 10 heteroatoms. The summed E-state index contributed by atoms with van der Waals surface area (Å²) in [5, 5.41) is 6.45. The van der Waals surface area contributed by atoms with Crippen LogP contribution in [0.5, 0.6) is 0 Å². The van der Waals surface area contributed by atoms with E-state index in [9.17, 15) is 22.8 Å². The lowest BCUT2D eigenvalue weighted by Gasteiger charge is -2.09. The summed E-state index contributed by atoms with van der Waals surface area (Å²) in [5.74, 6) is -0.381. The molecule has 0 saturated heterocycles. The highest BCUT2D eigenvalue weighted by molar-refractivity contribution is 5.77. The van der Waals surface area contributed by atoms with Crippen molar-refractivity contribution in [3.8, 4) is 5.69 Å². The Morgan fingerprint density at radius 3 is 2.76 bits per heavy atom. The van der Waals surface area contributed by atoms with Gasteiger partial charge < -0.3 is 5.32 Å². The van der Waals surface area contributed by atoms with Crippen molar-refractivity contribution < 1.29 is 18.0 Å². The zero-order valence-corrected chi connectivity index (χ0v) is 12.9. The van der Waals surface area contributed by atoms with Crippen LogP contribution in [0.25, 0.3) is 16.7 Å². The molecule has 2 aromatic heterocycles. The summed E-state index contributed by atoms with van der Waals surface area (Å²) in [6, 6.07) is 4.54. The zero-order valence-electron chi connectivity index (χ0n) is 12.9. The van der Waals surface area contributed by atoms with Crippen molar-refractivity contribution in [2.24, 2.45) is 0 Å². The molecular weight excluding hydrogens is 339 g/mol. The lowest BCUT2D eigenvalue weighted by molar-refractivity contribution is -0.137. The van der Waals surface area contributed by atoms with Crippen LogP contribution in [0.4, 0.5) is 13.2 Å². The molecule has 1 amide bonds. The number of nitrogens with zero attached hydrogens (tertiary/aromatic N) is 4. The van der Waals surface area contributed by atoms with Gasteiger partial charge in [0, 0.05) is 7.05 Å². The molecule has 0 aliphatic heterocycles. The average molecular weight is 351 g/mol. The number of carbonyl (C=O) groups excluding carboxylic acids is 1.